The van der Waals surface area contributed by atoms with Gasteiger partial charge in [-0.15, -0.1) is 0 Å². The summed E-state index contributed by atoms with van der Waals surface area (Å²) in [6.45, 7) is 4.30. The Labute approximate surface area is 89.0 Å². The summed E-state index contributed by atoms with van der Waals surface area (Å²) in [7, 11) is 0. The monoisotopic (exact) mass is 213 g/mol. The molecule has 3 nitrogen and oxygen atoms in total. The zero-order valence-corrected chi connectivity index (χ0v) is 9.00. The van der Waals surface area contributed by atoms with Crippen LogP contribution in [0.15, 0.2) is 18.2 Å². The fraction of sp³-hybridized carbons (Fsp3) is 0.455. The maximum Gasteiger partial charge on any atom is 0.189 e. The molecule has 0 aliphatic rings. The van der Waals surface area contributed by atoms with Crippen molar-refractivity contribution in [3.05, 3.63) is 29.6 Å². The lowest BCUT2D eigenvalue weighted by Crippen LogP contribution is -2.08. The summed E-state index contributed by atoms with van der Waals surface area (Å²) in [5, 5.41) is 0. The van der Waals surface area contributed by atoms with E-state index in [-0.39, 0.29) is 18.7 Å². The number of hydrogen-bond acceptors (Lipinski definition) is 3. The summed E-state index contributed by atoms with van der Waals surface area (Å²) in [6, 6.07) is 4.31. The molecule has 0 heterocycles. The topological polar surface area (TPSA) is 44.5 Å². The lowest BCUT2D eigenvalue weighted by molar-refractivity contribution is 0.0222. The molecule has 0 spiro atoms. The summed E-state index contributed by atoms with van der Waals surface area (Å²) in [5.41, 5.74) is 6.07. The smallest absolute Gasteiger partial charge is 0.189 e. The first-order chi connectivity index (χ1) is 7.15. The van der Waals surface area contributed by atoms with Crippen LogP contribution in [0.4, 0.5) is 4.39 Å². The highest BCUT2D eigenvalue weighted by Crippen LogP contribution is 2.20. The standard InChI is InChI=1S/C11H16FNO2/c1-3-14-7-15-9-4-5-10(8(2)13)11(12)6-9/h4-6,8H,3,7,13H2,1-2H3. The molecule has 0 aromatic heterocycles. The molecule has 0 aliphatic heterocycles. The van der Waals surface area contributed by atoms with Crippen LogP contribution in [0.5, 0.6) is 5.75 Å². The number of hydrogen-bond donors (Lipinski definition) is 1. The average molecular weight is 213 g/mol. The molecule has 1 unspecified atom stereocenters. The van der Waals surface area contributed by atoms with E-state index in [1.807, 2.05) is 6.92 Å². The molecule has 0 saturated heterocycles. The van der Waals surface area contributed by atoms with E-state index in [0.29, 0.717) is 17.9 Å². The van der Waals surface area contributed by atoms with Gasteiger partial charge in [-0.3, -0.25) is 0 Å². The Morgan fingerprint density at radius 1 is 1.47 bits per heavy atom. The molecule has 0 radical (unpaired) electrons. The molecule has 0 saturated carbocycles. The second-order valence-corrected chi connectivity index (χ2v) is 3.23. The molecule has 4 heteroatoms. The zero-order valence-electron chi connectivity index (χ0n) is 9.00. The summed E-state index contributed by atoms with van der Waals surface area (Å²) >= 11 is 0. The third-order valence-electron chi connectivity index (χ3n) is 1.98. The predicted molar refractivity (Wildman–Crippen MR) is 56.1 cm³/mol. The van der Waals surface area contributed by atoms with Gasteiger partial charge in [0.15, 0.2) is 6.79 Å². The van der Waals surface area contributed by atoms with Crippen LogP contribution in [-0.2, 0) is 4.74 Å². The third-order valence-corrected chi connectivity index (χ3v) is 1.98. The highest BCUT2D eigenvalue weighted by molar-refractivity contribution is 5.30. The molecule has 2 N–H and O–H groups in total. The van der Waals surface area contributed by atoms with Gasteiger partial charge in [-0.1, -0.05) is 6.07 Å². The minimum atomic E-state index is -0.348. The lowest BCUT2D eigenvalue weighted by Gasteiger charge is -2.10. The van der Waals surface area contributed by atoms with Crippen LogP contribution in [0, 0.1) is 5.82 Å². The quantitative estimate of drug-likeness (QED) is 0.602. The van der Waals surface area contributed by atoms with Gasteiger partial charge in [-0.2, -0.15) is 0 Å². The molecule has 0 amide bonds. The average Bonchev–Trinajstić information content (AvgIpc) is 2.17. The third kappa shape index (κ3) is 3.49. The first kappa shape index (κ1) is 11.9. The molecule has 0 bridgehead atoms. The van der Waals surface area contributed by atoms with Crippen LogP contribution in [0.2, 0.25) is 0 Å². The van der Waals surface area contributed by atoms with Crippen molar-refractivity contribution >= 4 is 0 Å². The molecule has 0 aliphatic carbocycles. The van der Waals surface area contributed by atoms with Crippen molar-refractivity contribution in [3.8, 4) is 5.75 Å². The van der Waals surface area contributed by atoms with E-state index in [1.165, 1.54) is 6.07 Å². The van der Waals surface area contributed by atoms with E-state index < -0.39 is 0 Å². The second-order valence-electron chi connectivity index (χ2n) is 3.23. The van der Waals surface area contributed by atoms with Crippen LogP contribution < -0.4 is 10.5 Å². The van der Waals surface area contributed by atoms with Crippen molar-refractivity contribution in [1.82, 2.24) is 0 Å². The van der Waals surface area contributed by atoms with Gasteiger partial charge < -0.3 is 15.2 Å². The van der Waals surface area contributed by atoms with Crippen molar-refractivity contribution in [3.63, 3.8) is 0 Å². The van der Waals surface area contributed by atoms with Crippen molar-refractivity contribution in [2.75, 3.05) is 13.4 Å². The van der Waals surface area contributed by atoms with E-state index in [1.54, 1.807) is 19.1 Å². The van der Waals surface area contributed by atoms with Gasteiger partial charge in [-0.25, -0.2) is 4.39 Å². The molecular formula is C11H16FNO2. The molecule has 1 rings (SSSR count). The largest absolute Gasteiger partial charge is 0.467 e. The van der Waals surface area contributed by atoms with Gasteiger partial charge in [-0.05, 0) is 19.9 Å². The lowest BCUT2D eigenvalue weighted by atomic mass is 10.1. The molecule has 0 fully saturated rings. The van der Waals surface area contributed by atoms with E-state index in [4.69, 9.17) is 15.2 Å². The van der Waals surface area contributed by atoms with E-state index in [9.17, 15) is 4.39 Å². The maximum atomic E-state index is 13.4. The fourth-order valence-electron chi connectivity index (χ4n) is 1.16. The zero-order chi connectivity index (χ0) is 11.3. The molecule has 15 heavy (non-hydrogen) atoms. The van der Waals surface area contributed by atoms with Gasteiger partial charge in [0.05, 0.1) is 0 Å². The Morgan fingerprint density at radius 2 is 2.20 bits per heavy atom. The van der Waals surface area contributed by atoms with Gasteiger partial charge in [0.1, 0.15) is 11.6 Å². The maximum absolute atomic E-state index is 13.4. The van der Waals surface area contributed by atoms with Crippen molar-refractivity contribution in [2.45, 2.75) is 19.9 Å². The predicted octanol–water partition coefficient (Wildman–Crippen LogP) is 2.22. The Kier molecular flexibility index (Phi) is 4.52. The van der Waals surface area contributed by atoms with Crippen molar-refractivity contribution < 1.29 is 13.9 Å². The van der Waals surface area contributed by atoms with Gasteiger partial charge >= 0.3 is 0 Å². The SMILES string of the molecule is CCOCOc1ccc(C(C)N)c(F)c1. The normalized spacial score (nSPS) is 12.5. The summed E-state index contributed by atoms with van der Waals surface area (Å²) < 4.78 is 23.6. The van der Waals surface area contributed by atoms with Crippen LogP contribution in [0.25, 0.3) is 0 Å². The van der Waals surface area contributed by atoms with Gasteiger partial charge in [0, 0.05) is 24.3 Å². The number of nitrogens with two attached hydrogens (primary N) is 1. The number of ether oxygens (including phenoxy) is 2. The molecule has 84 valence electrons. The Balaban J connectivity index is 2.65. The fourth-order valence-corrected chi connectivity index (χ4v) is 1.16. The molecule has 1 aromatic carbocycles. The van der Waals surface area contributed by atoms with Gasteiger partial charge in [0.2, 0.25) is 0 Å². The summed E-state index contributed by atoms with van der Waals surface area (Å²) in [6.07, 6.45) is 0. The minimum absolute atomic E-state index is 0.132. The van der Waals surface area contributed by atoms with E-state index in [0.717, 1.165) is 0 Å². The van der Waals surface area contributed by atoms with E-state index >= 15 is 0 Å². The molecular weight excluding hydrogens is 197 g/mol. The minimum Gasteiger partial charge on any atom is -0.467 e. The van der Waals surface area contributed by atoms with Crippen LogP contribution >= 0.6 is 0 Å². The van der Waals surface area contributed by atoms with Crippen LogP contribution in [0.3, 0.4) is 0 Å². The Morgan fingerprint density at radius 3 is 2.73 bits per heavy atom. The Bertz CT molecular complexity index is 315. The highest BCUT2D eigenvalue weighted by Gasteiger charge is 2.07. The first-order valence-corrected chi connectivity index (χ1v) is 4.90. The number of benzene rings is 1. The second kappa shape index (κ2) is 5.68. The van der Waals surface area contributed by atoms with Gasteiger partial charge in [0.25, 0.3) is 0 Å². The number of halogens is 1. The summed E-state index contributed by atoms with van der Waals surface area (Å²) in [4.78, 5) is 0. The highest BCUT2D eigenvalue weighted by atomic mass is 19.1. The Hall–Kier alpha value is -1.13. The van der Waals surface area contributed by atoms with Crippen molar-refractivity contribution in [2.24, 2.45) is 5.73 Å². The first-order valence-electron chi connectivity index (χ1n) is 4.90. The van der Waals surface area contributed by atoms with E-state index in [2.05, 4.69) is 0 Å². The van der Waals surface area contributed by atoms with Crippen molar-refractivity contribution in [1.29, 1.82) is 0 Å². The van der Waals surface area contributed by atoms with Crippen LogP contribution in [-0.4, -0.2) is 13.4 Å². The molecule has 1 atom stereocenters. The number of rotatable bonds is 5. The summed E-state index contributed by atoms with van der Waals surface area (Å²) in [5.74, 6) is 0.101. The molecule has 1 aromatic rings. The van der Waals surface area contributed by atoms with Crippen LogP contribution in [0.1, 0.15) is 25.5 Å².